The van der Waals surface area contributed by atoms with Crippen LogP contribution in [0.3, 0.4) is 0 Å². The van der Waals surface area contributed by atoms with Gasteiger partial charge < -0.3 is 24.9 Å². The summed E-state index contributed by atoms with van der Waals surface area (Å²) in [5.41, 5.74) is 2.82. The van der Waals surface area contributed by atoms with Gasteiger partial charge in [-0.15, -0.1) is 0 Å². The number of carbonyl (C=O) groups excluding carboxylic acids is 3. The Morgan fingerprint density at radius 3 is 2.32 bits per heavy atom. The molecule has 0 saturated carbocycles. The van der Waals surface area contributed by atoms with Gasteiger partial charge in [-0.25, -0.2) is 9.48 Å². The molecule has 0 radical (unpaired) electrons. The van der Waals surface area contributed by atoms with Crippen molar-refractivity contribution in [3.63, 3.8) is 0 Å². The van der Waals surface area contributed by atoms with E-state index in [2.05, 4.69) is 10.4 Å². The molecular formula is C26H30N3O8P. The summed E-state index contributed by atoms with van der Waals surface area (Å²) in [6.45, 7) is 2.52. The molecule has 12 heteroatoms. The van der Waals surface area contributed by atoms with Gasteiger partial charge in [0, 0.05) is 25.5 Å². The zero-order valence-corrected chi connectivity index (χ0v) is 21.9. The molecule has 0 aliphatic carbocycles. The van der Waals surface area contributed by atoms with Crippen molar-refractivity contribution in [2.24, 2.45) is 0 Å². The molecule has 0 aliphatic heterocycles. The predicted molar refractivity (Wildman–Crippen MR) is 139 cm³/mol. The fraction of sp³-hybridized carbons (Fsp3) is 0.308. The van der Waals surface area contributed by atoms with Crippen LogP contribution in [0, 0.1) is 0 Å². The number of esters is 1. The van der Waals surface area contributed by atoms with Crippen LogP contribution in [-0.2, 0) is 27.2 Å². The third-order valence-electron chi connectivity index (χ3n) is 5.61. The lowest BCUT2D eigenvalue weighted by molar-refractivity contribution is -0.153. The highest BCUT2D eigenvalue weighted by atomic mass is 31.2. The van der Waals surface area contributed by atoms with Gasteiger partial charge in [0.2, 0.25) is 0 Å². The summed E-state index contributed by atoms with van der Waals surface area (Å²) in [6, 6.07) is 18.0. The largest absolute Gasteiger partial charge is 0.464 e. The molecule has 0 spiro atoms. The highest BCUT2D eigenvalue weighted by molar-refractivity contribution is 7.39. The third-order valence-corrected chi connectivity index (χ3v) is 5.96. The molecule has 1 unspecified atom stereocenters. The Bertz CT molecular complexity index is 1230. The molecule has 4 N–H and O–H groups in total. The lowest BCUT2D eigenvalue weighted by Crippen LogP contribution is -2.41. The number of Topliss-reactive ketones (excluding diaryl/α,β-unsaturated/α-hetero) is 1. The number of aliphatic hydroxyl groups excluding tert-OH is 1. The first-order valence-corrected chi connectivity index (χ1v) is 13.0. The van der Waals surface area contributed by atoms with Crippen molar-refractivity contribution in [1.29, 1.82) is 0 Å². The molecule has 3 rings (SSSR count). The van der Waals surface area contributed by atoms with Crippen LogP contribution in [0.5, 0.6) is 0 Å². The molecule has 11 nitrogen and oxygen atoms in total. The molecule has 1 amide bonds. The second-order valence-corrected chi connectivity index (χ2v) is 9.19. The topological polar surface area (TPSA) is 160 Å². The second kappa shape index (κ2) is 13.9. The first-order valence-electron chi connectivity index (χ1n) is 11.9. The molecule has 1 heterocycles. The third kappa shape index (κ3) is 8.27. The SMILES string of the molecule is CCOC(=O)C(O)C[C@@H](Cc1ccc(-c2ccccc2)cc1)NC(=O)c1cc(C(C)=O)nn1COP(O)O. The number of ketones is 1. The highest BCUT2D eigenvalue weighted by Gasteiger charge is 2.26. The van der Waals surface area contributed by atoms with E-state index in [9.17, 15) is 19.5 Å². The molecular weight excluding hydrogens is 513 g/mol. The minimum Gasteiger partial charge on any atom is -0.464 e. The molecule has 0 fully saturated rings. The van der Waals surface area contributed by atoms with Gasteiger partial charge in [-0.05, 0) is 30.0 Å². The van der Waals surface area contributed by atoms with E-state index in [4.69, 9.17) is 19.0 Å². The van der Waals surface area contributed by atoms with Crippen molar-refractivity contribution >= 4 is 26.3 Å². The quantitative estimate of drug-likeness (QED) is 0.144. The normalized spacial score (nSPS) is 12.7. The fourth-order valence-corrected chi connectivity index (χ4v) is 3.99. The van der Waals surface area contributed by atoms with Crippen molar-refractivity contribution in [3.05, 3.63) is 77.6 Å². The Labute approximate surface area is 221 Å². The molecule has 2 aromatic carbocycles. The van der Waals surface area contributed by atoms with Crippen molar-refractivity contribution in [1.82, 2.24) is 15.1 Å². The van der Waals surface area contributed by atoms with E-state index in [1.54, 1.807) is 6.92 Å². The summed E-state index contributed by atoms with van der Waals surface area (Å²) >= 11 is 0. The maximum atomic E-state index is 13.2. The van der Waals surface area contributed by atoms with Gasteiger partial charge in [-0.3, -0.25) is 14.1 Å². The first-order chi connectivity index (χ1) is 18.2. The maximum absolute atomic E-state index is 13.2. The molecule has 0 bridgehead atoms. The fourth-order valence-electron chi connectivity index (χ4n) is 3.78. The summed E-state index contributed by atoms with van der Waals surface area (Å²) in [5, 5.41) is 17.2. The van der Waals surface area contributed by atoms with Crippen LogP contribution in [0.2, 0.25) is 0 Å². The molecule has 2 atom stereocenters. The Morgan fingerprint density at radius 1 is 1.05 bits per heavy atom. The average Bonchev–Trinajstić information content (AvgIpc) is 3.33. The zero-order valence-electron chi connectivity index (χ0n) is 21.0. The number of aliphatic hydroxyl groups is 1. The van der Waals surface area contributed by atoms with Crippen molar-refractivity contribution in [3.8, 4) is 11.1 Å². The van der Waals surface area contributed by atoms with Crippen LogP contribution >= 0.6 is 8.60 Å². The van der Waals surface area contributed by atoms with Crippen molar-refractivity contribution in [2.45, 2.75) is 45.6 Å². The van der Waals surface area contributed by atoms with Gasteiger partial charge in [0.15, 0.2) is 11.9 Å². The number of aromatic nitrogens is 2. The van der Waals surface area contributed by atoms with E-state index in [0.29, 0.717) is 0 Å². The highest BCUT2D eigenvalue weighted by Crippen LogP contribution is 2.25. The summed E-state index contributed by atoms with van der Waals surface area (Å²) in [5.74, 6) is -1.86. The van der Waals surface area contributed by atoms with Crippen LogP contribution in [0.15, 0.2) is 60.7 Å². The molecule has 0 aliphatic rings. The number of ether oxygens (including phenoxy) is 1. The molecule has 1 aromatic heterocycles. The Morgan fingerprint density at radius 2 is 1.71 bits per heavy atom. The van der Waals surface area contributed by atoms with Crippen LogP contribution in [0.1, 0.15) is 46.8 Å². The molecule has 3 aromatic rings. The number of rotatable bonds is 13. The minimum absolute atomic E-state index is 0.0152. The van der Waals surface area contributed by atoms with Crippen molar-refractivity contribution in [2.75, 3.05) is 6.61 Å². The van der Waals surface area contributed by atoms with E-state index >= 15 is 0 Å². The number of nitrogens with zero attached hydrogens (tertiary/aromatic N) is 2. The predicted octanol–water partition coefficient (Wildman–Crippen LogP) is 2.59. The van der Waals surface area contributed by atoms with E-state index in [1.165, 1.54) is 13.0 Å². The lowest BCUT2D eigenvalue weighted by atomic mass is 9.97. The van der Waals surface area contributed by atoms with Crippen LogP contribution < -0.4 is 5.32 Å². The van der Waals surface area contributed by atoms with Gasteiger partial charge in [-0.1, -0.05) is 54.6 Å². The Hall–Kier alpha value is -3.47. The standard InChI is InChI=1S/C26H30N3O8P/c1-3-36-26(33)24(31)14-21(13-18-9-11-20(12-10-18)19-7-5-4-6-8-19)27-25(32)23-15-22(17(2)30)28-29(23)16-37-38(34)35/h4-12,15,21,24,31,34-35H,3,13-14,16H2,1-2H3,(H,27,32)/t21-,24?/m1/s1. The monoisotopic (exact) mass is 543 g/mol. The lowest BCUT2D eigenvalue weighted by Gasteiger charge is -2.21. The van der Waals surface area contributed by atoms with Crippen LogP contribution in [-0.4, -0.2) is 61.1 Å². The number of benzene rings is 2. The van der Waals surface area contributed by atoms with Gasteiger partial charge in [0.05, 0.1) is 6.61 Å². The smallest absolute Gasteiger partial charge is 0.335 e. The van der Waals surface area contributed by atoms with Gasteiger partial charge >= 0.3 is 14.6 Å². The first kappa shape index (κ1) is 29.1. The number of hydrogen-bond acceptors (Lipinski definition) is 9. The van der Waals surface area contributed by atoms with Crippen molar-refractivity contribution < 1.29 is 38.5 Å². The second-order valence-electron chi connectivity index (χ2n) is 8.42. The number of hydrogen-bond donors (Lipinski definition) is 4. The van der Waals surface area contributed by atoms with E-state index in [1.807, 2.05) is 54.6 Å². The summed E-state index contributed by atoms with van der Waals surface area (Å²) in [4.78, 5) is 55.2. The Balaban J connectivity index is 1.82. The number of amides is 1. The van der Waals surface area contributed by atoms with E-state index < -0.39 is 45.1 Å². The average molecular weight is 544 g/mol. The van der Waals surface area contributed by atoms with Crippen LogP contribution in [0.4, 0.5) is 0 Å². The number of carbonyl (C=O) groups is 3. The summed E-state index contributed by atoms with van der Waals surface area (Å²) in [7, 11) is -2.72. The molecule has 202 valence electrons. The van der Waals surface area contributed by atoms with Crippen LogP contribution in [0.25, 0.3) is 11.1 Å². The molecule has 0 saturated heterocycles. The van der Waals surface area contributed by atoms with Gasteiger partial charge in [-0.2, -0.15) is 5.10 Å². The summed E-state index contributed by atoms with van der Waals surface area (Å²) in [6.07, 6.45) is -1.33. The van der Waals surface area contributed by atoms with Gasteiger partial charge in [0.1, 0.15) is 18.1 Å². The summed E-state index contributed by atoms with van der Waals surface area (Å²) < 4.78 is 10.7. The Kier molecular flexibility index (Phi) is 10.6. The van der Waals surface area contributed by atoms with Gasteiger partial charge in [0.25, 0.3) is 5.91 Å². The van der Waals surface area contributed by atoms with E-state index in [0.717, 1.165) is 21.4 Å². The van der Waals surface area contributed by atoms with E-state index in [-0.39, 0.29) is 30.8 Å². The maximum Gasteiger partial charge on any atom is 0.335 e. The zero-order chi connectivity index (χ0) is 27.7. The minimum atomic E-state index is -2.72. The molecule has 38 heavy (non-hydrogen) atoms. The number of nitrogens with one attached hydrogen (secondary N) is 1.